The summed E-state index contributed by atoms with van der Waals surface area (Å²) in [5.41, 5.74) is 11.3. The van der Waals surface area contributed by atoms with Gasteiger partial charge in [-0.1, -0.05) is 59.7 Å². The van der Waals surface area contributed by atoms with E-state index in [-0.39, 0.29) is 0 Å². The standard InChI is InChI=1S/C40H36N2O2/c1-29-5-13-33(14-6-29)41(37-21-25-39(43-3)26-22-37)35-17-9-31(10-18-35)32-11-19-36(20-12-32)42(34-15-7-30(2)8-16-34)38-23-27-40(44-4)28-24-38/h5-28H,1-4H3. The molecule has 0 spiro atoms. The predicted octanol–water partition coefficient (Wildman–Crippen LogP) is 10.9. The molecule has 0 radical (unpaired) electrons. The lowest BCUT2D eigenvalue weighted by atomic mass is 10.0. The van der Waals surface area contributed by atoms with E-state index in [9.17, 15) is 0 Å². The molecule has 0 unspecified atom stereocenters. The van der Waals surface area contributed by atoms with Crippen molar-refractivity contribution in [1.82, 2.24) is 0 Å². The number of ether oxygens (including phenoxy) is 2. The van der Waals surface area contributed by atoms with Crippen molar-refractivity contribution < 1.29 is 9.47 Å². The molecule has 6 aromatic carbocycles. The van der Waals surface area contributed by atoms with E-state index in [1.54, 1.807) is 14.2 Å². The van der Waals surface area contributed by atoms with Gasteiger partial charge in [0, 0.05) is 34.1 Å². The number of hydrogen-bond donors (Lipinski definition) is 0. The maximum atomic E-state index is 5.40. The van der Waals surface area contributed by atoms with Crippen LogP contribution < -0.4 is 19.3 Å². The summed E-state index contributed by atoms with van der Waals surface area (Å²) in [6.07, 6.45) is 0. The van der Waals surface area contributed by atoms with Gasteiger partial charge < -0.3 is 19.3 Å². The summed E-state index contributed by atoms with van der Waals surface area (Å²) in [5.74, 6) is 1.67. The van der Waals surface area contributed by atoms with Crippen LogP contribution in [0.5, 0.6) is 11.5 Å². The van der Waals surface area contributed by atoms with Gasteiger partial charge in [-0.05, 0) is 122 Å². The topological polar surface area (TPSA) is 24.9 Å². The Morgan fingerprint density at radius 1 is 0.318 bits per heavy atom. The average molecular weight is 577 g/mol. The molecule has 0 fully saturated rings. The highest BCUT2D eigenvalue weighted by Crippen LogP contribution is 2.38. The molecule has 4 heteroatoms. The van der Waals surface area contributed by atoms with E-state index in [1.807, 2.05) is 24.3 Å². The Morgan fingerprint density at radius 2 is 0.545 bits per heavy atom. The lowest BCUT2D eigenvalue weighted by Crippen LogP contribution is -2.10. The minimum Gasteiger partial charge on any atom is -0.497 e. The molecule has 0 aliphatic heterocycles. The summed E-state index contributed by atoms with van der Waals surface area (Å²) in [6, 6.07) is 51.1. The highest BCUT2D eigenvalue weighted by atomic mass is 16.5. The van der Waals surface area contributed by atoms with E-state index in [4.69, 9.17) is 9.47 Å². The van der Waals surface area contributed by atoms with Crippen LogP contribution in [-0.2, 0) is 0 Å². The Morgan fingerprint density at radius 3 is 0.795 bits per heavy atom. The van der Waals surface area contributed by atoms with Gasteiger partial charge in [-0.3, -0.25) is 0 Å². The van der Waals surface area contributed by atoms with Crippen LogP contribution in [0.1, 0.15) is 11.1 Å². The summed E-state index contributed by atoms with van der Waals surface area (Å²) in [6.45, 7) is 4.22. The molecular formula is C40H36N2O2. The van der Waals surface area contributed by atoms with Crippen molar-refractivity contribution in [3.63, 3.8) is 0 Å². The Kier molecular flexibility index (Phi) is 8.33. The van der Waals surface area contributed by atoms with Crippen molar-refractivity contribution in [1.29, 1.82) is 0 Å². The molecule has 6 aromatic rings. The van der Waals surface area contributed by atoms with Crippen LogP contribution in [-0.4, -0.2) is 14.2 Å². The van der Waals surface area contributed by atoms with E-state index in [0.29, 0.717) is 0 Å². The Labute approximate surface area is 260 Å². The minimum atomic E-state index is 0.837. The average Bonchev–Trinajstić information content (AvgIpc) is 3.08. The van der Waals surface area contributed by atoms with Crippen LogP contribution in [0.4, 0.5) is 34.1 Å². The quantitative estimate of drug-likeness (QED) is 0.171. The lowest BCUT2D eigenvalue weighted by molar-refractivity contribution is 0.414. The van der Waals surface area contributed by atoms with E-state index in [0.717, 1.165) is 56.8 Å². The zero-order valence-corrected chi connectivity index (χ0v) is 25.6. The van der Waals surface area contributed by atoms with Gasteiger partial charge in [0.05, 0.1) is 14.2 Å². The monoisotopic (exact) mass is 576 g/mol. The molecule has 0 aromatic heterocycles. The number of methoxy groups -OCH3 is 2. The maximum absolute atomic E-state index is 5.40. The molecule has 4 nitrogen and oxygen atoms in total. The summed E-state index contributed by atoms with van der Waals surface area (Å²) in [7, 11) is 3.38. The van der Waals surface area contributed by atoms with Crippen LogP contribution in [0.15, 0.2) is 146 Å². The van der Waals surface area contributed by atoms with Gasteiger partial charge in [-0.25, -0.2) is 0 Å². The zero-order chi connectivity index (χ0) is 30.5. The van der Waals surface area contributed by atoms with Crippen molar-refractivity contribution >= 4 is 34.1 Å². The number of aryl methyl sites for hydroxylation is 2. The zero-order valence-electron chi connectivity index (χ0n) is 25.6. The molecule has 0 aliphatic rings. The van der Waals surface area contributed by atoms with Crippen LogP contribution in [0, 0.1) is 13.8 Å². The maximum Gasteiger partial charge on any atom is 0.119 e. The smallest absolute Gasteiger partial charge is 0.119 e. The van der Waals surface area contributed by atoms with Gasteiger partial charge in [0.1, 0.15) is 11.5 Å². The van der Waals surface area contributed by atoms with Gasteiger partial charge in [0.15, 0.2) is 0 Å². The second-order valence-corrected chi connectivity index (χ2v) is 10.8. The Hall–Kier alpha value is -5.48. The summed E-state index contributed by atoms with van der Waals surface area (Å²) >= 11 is 0. The first-order chi connectivity index (χ1) is 21.5. The molecule has 0 saturated carbocycles. The van der Waals surface area contributed by atoms with Gasteiger partial charge in [-0.2, -0.15) is 0 Å². The van der Waals surface area contributed by atoms with E-state index in [1.165, 1.54) is 11.1 Å². The van der Waals surface area contributed by atoms with Crippen molar-refractivity contribution in [3.8, 4) is 22.6 Å². The number of rotatable bonds is 9. The van der Waals surface area contributed by atoms with Crippen LogP contribution in [0.25, 0.3) is 11.1 Å². The summed E-state index contributed by atoms with van der Waals surface area (Å²) in [4.78, 5) is 4.53. The first-order valence-electron chi connectivity index (χ1n) is 14.7. The van der Waals surface area contributed by atoms with Crippen molar-refractivity contribution in [3.05, 3.63) is 157 Å². The largest absolute Gasteiger partial charge is 0.497 e. The number of benzene rings is 6. The third-order valence-electron chi connectivity index (χ3n) is 7.83. The molecule has 0 N–H and O–H groups in total. The van der Waals surface area contributed by atoms with Gasteiger partial charge in [-0.15, -0.1) is 0 Å². The Bertz CT molecular complexity index is 1660. The SMILES string of the molecule is COc1ccc(N(c2ccc(C)cc2)c2ccc(-c3ccc(N(c4ccc(C)cc4)c4ccc(OC)cc4)cc3)cc2)cc1. The number of anilines is 6. The second kappa shape index (κ2) is 12.8. The van der Waals surface area contributed by atoms with Crippen molar-refractivity contribution in [2.24, 2.45) is 0 Å². The molecule has 0 aliphatic carbocycles. The van der Waals surface area contributed by atoms with E-state index >= 15 is 0 Å². The molecule has 44 heavy (non-hydrogen) atoms. The van der Waals surface area contributed by atoms with E-state index in [2.05, 4.69) is 145 Å². The lowest BCUT2D eigenvalue weighted by Gasteiger charge is -2.26. The first-order valence-corrected chi connectivity index (χ1v) is 14.7. The molecule has 0 amide bonds. The summed E-state index contributed by atoms with van der Waals surface area (Å²) < 4.78 is 10.8. The third-order valence-corrected chi connectivity index (χ3v) is 7.83. The normalized spacial score (nSPS) is 10.7. The van der Waals surface area contributed by atoms with Gasteiger partial charge in [0.25, 0.3) is 0 Å². The fourth-order valence-electron chi connectivity index (χ4n) is 5.35. The molecule has 0 saturated heterocycles. The fourth-order valence-corrected chi connectivity index (χ4v) is 5.35. The van der Waals surface area contributed by atoms with Crippen LogP contribution in [0.2, 0.25) is 0 Å². The number of nitrogens with zero attached hydrogens (tertiary/aromatic N) is 2. The molecule has 0 heterocycles. The molecule has 6 rings (SSSR count). The number of hydrogen-bond acceptors (Lipinski definition) is 4. The highest BCUT2D eigenvalue weighted by molar-refractivity contribution is 5.81. The van der Waals surface area contributed by atoms with E-state index < -0.39 is 0 Å². The first kappa shape index (κ1) is 28.6. The molecular weight excluding hydrogens is 540 g/mol. The molecule has 218 valence electrons. The van der Waals surface area contributed by atoms with Gasteiger partial charge >= 0.3 is 0 Å². The van der Waals surface area contributed by atoms with Crippen LogP contribution >= 0.6 is 0 Å². The highest BCUT2D eigenvalue weighted by Gasteiger charge is 2.15. The molecule has 0 bridgehead atoms. The second-order valence-electron chi connectivity index (χ2n) is 10.8. The minimum absolute atomic E-state index is 0.837. The predicted molar refractivity (Wildman–Crippen MR) is 184 cm³/mol. The molecule has 0 atom stereocenters. The van der Waals surface area contributed by atoms with Crippen molar-refractivity contribution in [2.75, 3.05) is 24.0 Å². The fraction of sp³-hybridized carbons (Fsp3) is 0.100. The van der Waals surface area contributed by atoms with Gasteiger partial charge in [0.2, 0.25) is 0 Å². The third kappa shape index (κ3) is 6.16. The van der Waals surface area contributed by atoms with Crippen LogP contribution in [0.3, 0.4) is 0 Å². The summed E-state index contributed by atoms with van der Waals surface area (Å²) in [5, 5.41) is 0. The Balaban J connectivity index is 1.31. The van der Waals surface area contributed by atoms with Crippen molar-refractivity contribution in [2.45, 2.75) is 13.8 Å².